The van der Waals surface area contributed by atoms with Gasteiger partial charge in [0, 0.05) is 17.0 Å². The summed E-state index contributed by atoms with van der Waals surface area (Å²) in [4.78, 5) is 21.8. The first kappa shape index (κ1) is 20.9. The molecule has 0 aliphatic heterocycles. The highest BCUT2D eigenvalue weighted by Gasteiger charge is 2.27. The lowest BCUT2D eigenvalue weighted by Crippen LogP contribution is -2.14. The van der Waals surface area contributed by atoms with Crippen molar-refractivity contribution in [3.8, 4) is 0 Å². The zero-order valence-corrected chi connectivity index (χ0v) is 16.8. The van der Waals surface area contributed by atoms with Crippen molar-refractivity contribution in [2.75, 3.05) is 11.1 Å². The molecule has 0 radical (unpaired) electrons. The summed E-state index contributed by atoms with van der Waals surface area (Å²) in [6, 6.07) is 9.50. The van der Waals surface area contributed by atoms with Crippen LogP contribution in [0.15, 0.2) is 36.5 Å². The number of rotatable bonds is 3. The molecule has 5 nitrogen and oxygen atoms in total. The average Bonchev–Trinajstić information content (AvgIpc) is 3.41. The van der Waals surface area contributed by atoms with Crippen LogP contribution in [0.25, 0.3) is 10.9 Å². The lowest BCUT2D eigenvalue weighted by molar-refractivity contribution is 0.102. The largest absolute Gasteiger partial charge is 0.384 e. The van der Waals surface area contributed by atoms with E-state index in [1.807, 2.05) is 26.0 Å². The van der Waals surface area contributed by atoms with E-state index in [1.54, 1.807) is 18.3 Å². The number of carbonyl (C=O) groups excluding carboxylic acids is 1. The number of amides is 1. The van der Waals surface area contributed by atoms with Gasteiger partial charge in [-0.15, -0.1) is 24.8 Å². The number of fused-ring (bicyclic) bond motifs is 1. The standard InChI is InChI=1S/C20H20N4O.2ClH/c1-11-7-12(2)19-15(8-11)16(9-17(24-19)13-3-4-13)20(25)23-14-5-6-18(21)22-10-14;;/h5-10,13H,3-4H2,1-2H3,(H2,21,22)(H,23,25);2*1H. The van der Waals surface area contributed by atoms with Crippen molar-refractivity contribution in [2.45, 2.75) is 32.6 Å². The highest BCUT2D eigenvalue weighted by molar-refractivity contribution is 6.13. The van der Waals surface area contributed by atoms with Crippen LogP contribution < -0.4 is 11.1 Å². The molecule has 1 saturated carbocycles. The van der Waals surface area contributed by atoms with Gasteiger partial charge in [-0.1, -0.05) is 11.6 Å². The summed E-state index contributed by atoms with van der Waals surface area (Å²) in [7, 11) is 0. The lowest BCUT2D eigenvalue weighted by atomic mass is 10.00. The number of nitrogens with two attached hydrogens (primary N) is 1. The van der Waals surface area contributed by atoms with Gasteiger partial charge in [0.25, 0.3) is 5.91 Å². The molecule has 0 atom stereocenters. The molecule has 142 valence electrons. The molecule has 2 heterocycles. The number of halogens is 2. The minimum atomic E-state index is -0.147. The van der Waals surface area contributed by atoms with Crippen molar-refractivity contribution >= 4 is 53.1 Å². The van der Waals surface area contributed by atoms with Gasteiger partial charge in [0.1, 0.15) is 5.82 Å². The minimum Gasteiger partial charge on any atom is -0.384 e. The number of carbonyl (C=O) groups is 1. The first-order valence-electron chi connectivity index (χ1n) is 8.46. The molecule has 3 aromatic rings. The molecular weight excluding hydrogens is 383 g/mol. The molecule has 2 aromatic heterocycles. The van der Waals surface area contributed by atoms with Gasteiger partial charge in [0.15, 0.2) is 0 Å². The monoisotopic (exact) mass is 404 g/mol. The van der Waals surface area contributed by atoms with Gasteiger partial charge in [-0.25, -0.2) is 4.98 Å². The van der Waals surface area contributed by atoms with E-state index in [1.165, 1.54) is 0 Å². The fraction of sp³-hybridized carbons (Fsp3) is 0.250. The number of benzene rings is 1. The number of hydrogen-bond acceptors (Lipinski definition) is 4. The Bertz CT molecular complexity index is 985. The van der Waals surface area contributed by atoms with Crippen molar-refractivity contribution < 1.29 is 4.79 Å². The fourth-order valence-corrected chi connectivity index (χ4v) is 3.15. The van der Waals surface area contributed by atoms with Crippen LogP contribution in [-0.2, 0) is 0 Å². The third kappa shape index (κ3) is 4.31. The molecule has 1 aliphatic rings. The van der Waals surface area contributed by atoms with Crippen LogP contribution in [-0.4, -0.2) is 15.9 Å². The van der Waals surface area contributed by atoms with Gasteiger partial charge in [0.2, 0.25) is 0 Å². The highest BCUT2D eigenvalue weighted by Crippen LogP contribution is 2.40. The normalized spacial score (nSPS) is 12.8. The molecule has 0 saturated heterocycles. The van der Waals surface area contributed by atoms with E-state index in [0.717, 1.165) is 40.6 Å². The number of anilines is 2. The summed E-state index contributed by atoms with van der Waals surface area (Å²) in [5.74, 6) is 0.760. The summed E-state index contributed by atoms with van der Waals surface area (Å²) in [5, 5.41) is 3.81. The Kier molecular flexibility index (Phi) is 6.29. The van der Waals surface area contributed by atoms with Gasteiger partial charge in [-0.2, -0.15) is 0 Å². The first-order chi connectivity index (χ1) is 12.0. The van der Waals surface area contributed by atoms with Gasteiger partial charge in [-0.3, -0.25) is 9.78 Å². The van der Waals surface area contributed by atoms with Crippen molar-refractivity contribution in [3.63, 3.8) is 0 Å². The fourth-order valence-electron chi connectivity index (χ4n) is 3.15. The van der Waals surface area contributed by atoms with E-state index in [-0.39, 0.29) is 30.7 Å². The third-order valence-electron chi connectivity index (χ3n) is 4.55. The van der Waals surface area contributed by atoms with Crippen molar-refractivity contribution in [1.82, 2.24) is 9.97 Å². The van der Waals surface area contributed by atoms with E-state index in [9.17, 15) is 4.79 Å². The van der Waals surface area contributed by atoms with E-state index in [4.69, 9.17) is 10.7 Å². The van der Waals surface area contributed by atoms with Crippen LogP contribution in [0.5, 0.6) is 0 Å². The first-order valence-corrected chi connectivity index (χ1v) is 8.46. The number of aryl methyl sites for hydroxylation is 2. The van der Waals surface area contributed by atoms with Crippen LogP contribution in [0.1, 0.15) is 45.9 Å². The predicted molar refractivity (Wildman–Crippen MR) is 114 cm³/mol. The molecular formula is C20H22Cl2N4O. The van der Waals surface area contributed by atoms with Crippen molar-refractivity contribution in [2.24, 2.45) is 0 Å². The number of nitrogens with one attached hydrogen (secondary N) is 1. The Labute approximate surface area is 170 Å². The Morgan fingerprint density at radius 2 is 1.89 bits per heavy atom. The molecule has 1 aliphatic carbocycles. The van der Waals surface area contributed by atoms with Crippen LogP contribution in [0.4, 0.5) is 11.5 Å². The number of nitrogen functional groups attached to an aromatic ring is 1. The quantitative estimate of drug-likeness (QED) is 0.656. The highest BCUT2D eigenvalue weighted by atomic mass is 35.5. The van der Waals surface area contributed by atoms with Crippen LogP contribution >= 0.6 is 24.8 Å². The number of nitrogens with zero attached hydrogens (tertiary/aromatic N) is 2. The Hall–Kier alpha value is -2.37. The van der Waals surface area contributed by atoms with E-state index in [2.05, 4.69) is 16.4 Å². The maximum atomic E-state index is 12.9. The Balaban J connectivity index is 0.00000131. The number of aromatic nitrogens is 2. The van der Waals surface area contributed by atoms with Crippen molar-refractivity contribution in [1.29, 1.82) is 0 Å². The van der Waals surface area contributed by atoms with Crippen LogP contribution in [0, 0.1) is 13.8 Å². The number of pyridine rings is 2. The second-order valence-electron chi connectivity index (χ2n) is 6.77. The average molecular weight is 405 g/mol. The molecule has 27 heavy (non-hydrogen) atoms. The third-order valence-corrected chi connectivity index (χ3v) is 4.55. The van der Waals surface area contributed by atoms with E-state index >= 15 is 0 Å². The van der Waals surface area contributed by atoms with Crippen LogP contribution in [0.2, 0.25) is 0 Å². The van der Waals surface area contributed by atoms with E-state index < -0.39 is 0 Å². The van der Waals surface area contributed by atoms with E-state index in [0.29, 0.717) is 23.0 Å². The maximum absolute atomic E-state index is 12.9. The molecule has 1 aromatic carbocycles. The maximum Gasteiger partial charge on any atom is 0.256 e. The summed E-state index contributed by atoms with van der Waals surface area (Å²) in [5.41, 5.74) is 11.0. The van der Waals surface area contributed by atoms with Gasteiger partial charge in [-0.05, 0) is 56.5 Å². The molecule has 4 rings (SSSR count). The minimum absolute atomic E-state index is 0. The molecule has 7 heteroatoms. The number of hydrogen-bond donors (Lipinski definition) is 2. The molecule has 0 spiro atoms. The second kappa shape index (κ2) is 8.11. The van der Waals surface area contributed by atoms with Gasteiger partial charge < -0.3 is 11.1 Å². The summed E-state index contributed by atoms with van der Waals surface area (Å²) in [6.07, 6.45) is 3.85. The second-order valence-corrected chi connectivity index (χ2v) is 6.77. The van der Waals surface area contributed by atoms with Gasteiger partial charge >= 0.3 is 0 Å². The zero-order valence-electron chi connectivity index (χ0n) is 15.2. The predicted octanol–water partition coefficient (Wildman–Crippen LogP) is 4.80. The SMILES string of the molecule is Cc1cc(C)c2nc(C3CC3)cc(C(=O)Nc3ccc(N)nc3)c2c1.Cl.Cl. The summed E-state index contributed by atoms with van der Waals surface area (Å²) in [6.45, 7) is 4.08. The summed E-state index contributed by atoms with van der Waals surface area (Å²) >= 11 is 0. The molecule has 0 unspecified atom stereocenters. The molecule has 0 bridgehead atoms. The van der Waals surface area contributed by atoms with Crippen molar-refractivity contribution in [3.05, 3.63) is 58.9 Å². The molecule has 3 N–H and O–H groups in total. The molecule has 1 amide bonds. The Morgan fingerprint density at radius 3 is 2.52 bits per heavy atom. The lowest BCUT2D eigenvalue weighted by Gasteiger charge is -2.12. The molecule has 1 fully saturated rings. The summed E-state index contributed by atoms with van der Waals surface area (Å²) < 4.78 is 0. The smallest absolute Gasteiger partial charge is 0.256 e. The van der Waals surface area contributed by atoms with Crippen LogP contribution in [0.3, 0.4) is 0 Å². The van der Waals surface area contributed by atoms with Gasteiger partial charge in [0.05, 0.1) is 23.0 Å². The zero-order chi connectivity index (χ0) is 17.6. The topological polar surface area (TPSA) is 80.9 Å². The Morgan fingerprint density at radius 1 is 1.15 bits per heavy atom.